The Morgan fingerprint density at radius 1 is 1.17 bits per heavy atom. The number of fused-ring (bicyclic) bond motifs is 1. The fourth-order valence-corrected chi connectivity index (χ4v) is 5.11. The number of rotatable bonds is 9. The quantitative estimate of drug-likeness (QED) is 0.351. The highest BCUT2D eigenvalue weighted by molar-refractivity contribution is 6.06. The van der Waals surface area contributed by atoms with Crippen molar-refractivity contribution in [2.45, 2.75) is 44.6 Å². The highest BCUT2D eigenvalue weighted by Crippen LogP contribution is 2.38. The average molecular weight is 491 g/mol. The third-order valence-corrected chi connectivity index (χ3v) is 6.99. The fraction of sp³-hybridized carbons (Fsp3) is 0.440. The molecule has 188 valence electrons. The summed E-state index contributed by atoms with van der Waals surface area (Å²) in [6.45, 7) is 1.37. The average Bonchev–Trinajstić information content (AvgIpc) is 3.54. The van der Waals surface area contributed by atoms with Crippen molar-refractivity contribution in [2.75, 3.05) is 26.6 Å². The molecule has 4 heterocycles. The first kappa shape index (κ1) is 23.9. The number of pyridine rings is 1. The van der Waals surface area contributed by atoms with E-state index in [1.807, 2.05) is 12.1 Å². The third kappa shape index (κ3) is 4.66. The number of hydrogen-bond acceptors (Lipinski definition) is 9. The molecule has 0 atom stereocenters. The van der Waals surface area contributed by atoms with Gasteiger partial charge in [0.05, 0.1) is 19.4 Å². The van der Waals surface area contributed by atoms with Gasteiger partial charge in [0.2, 0.25) is 5.88 Å². The van der Waals surface area contributed by atoms with Crippen LogP contribution in [0, 0.1) is 5.92 Å². The molecular weight excluding hydrogens is 460 g/mol. The van der Waals surface area contributed by atoms with Crippen LogP contribution in [0.4, 0.5) is 5.82 Å². The van der Waals surface area contributed by atoms with Crippen molar-refractivity contribution in [3.63, 3.8) is 0 Å². The Morgan fingerprint density at radius 3 is 2.78 bits per heavy atom. The molecule has 0 bridgehead atoms. The molecule has 2 N–H and O–H groups in total. The van der Waals surface area contributed by atoms with Crippen molar-refractivity contribution in [1.29, 1.82) is 0 Å². The molecule has 11 heteroatoms. The van der Waals surface area contributed by atoms with Crippen LogP contribution in [0.15, 0.2) is 37.1 Å². The Balaban J connectivity index is 1.33. The number of nitrogen functional groups attached to an aromatic ring is 1. The van der Waals surface area contributed by atoms with Gasteiger partial charge in [-0.25, -0.2) is 14.5 Å². The maximum Gasteiger partial charge on any atom is 0.213 e. The zero-order valence-electron chi connectivity index (χ0n) is 20.5. The minimum absolute atomic E-state index is 0.0491. The van der Waals surface area contributed by atoms with Crippen molar-refractivity contribution < 1.29 is 14.3 Å². The maximum absolute atomic E-state index is 13.5. The van der Waals surface area contributed by atoms with Crippen molar-refractivity contribution in [1.82, 2.24) is 34.3 Å². The Kier molecular flexibility index (Phi) is 6.90. The maximum atomic E-state index is 13.5. The molecule has 0 aliphatic heterocycles. The molecule has 4 aromatic heterocycles. The summed E-state index contributed by atoms with van der Waals surface area (Å²) in [6, 6.07) is 5.51. The van der Waals surface area contributed by atoms with Gasteiger partial charge >= 0.3 is 0 Å². The fourth-order valence-electron chi connectivity index (χ4n) is 5.11. The van der Waals surface area contributed by atoms with Gasteiger partial charge in [0.15, 0.2) is 11.6 Å². The van der Waals surface area contributed by atoms with Crippen LogP contribution in [0.2, 0.25) is 0 Å². The minimum Gasteiger partial charge on any atom is -0.481 e. The number of Topliss-reactive ketones (excluding diaryl/α,β-unsaturated/α-hetero) is 1. The van der Waals surface area contributed by atoms with Crippen LogP contribution >= 0.6 is 0 Å². The standard InChI is InChI=1S/C25H30N8O3/c1-35-10-9-32-15-29-31-25(32)17-5-3-16(4-6-17)11-21(34)19-13-20(18-7-8-27-22(12-18)36-2)33-23(19)24(26)28-14-30-33/h7-8,12-17H,3-6,9-11H2,1-2H3,(H2,26,28,30). The van der Waals surface area contributed by atoms with E-state index in [9.17, 15) is 4.79 Å². The van der Waals surface area contributed by atoms with Crippen LogP contribution in [0.3, 0.4) is 0 Å². The van der Waals surface area contributed by atoms with E-state index in [-0.39, 0.29) is 11.6 Å². The number of nitrogens with zero attached hydrogens (tertiary/aromatic N) is 7. The van der Waals surface area contributed by atoms with E-state index in [2.05, 4.69) is 29.8 Å². The molecule has 1 fully saturated rings. The number of nitrogens with two attached hydrogens (primary N) is 1. The van der Waals surface area contributed by atoms with E-state index >= 15 is 0 Å². The lowest BCUT2D eigenvalue weighted by atomic mass is 9.79. The van der Waals surface area contributed by atoms with Gasteiger partial charge in [-0.15, -0.1) is 10.2 Å². The number of carbonyl (C=O) groups is 1. The van der Waals surface area contributed by atoms with Gasteiger partial charge in [0, 0.05) is 49.4 Å². The first-order valence-electron chi connectivity index (χ1n) is 12.1. The monoisotopic (exact) mass is 490 g/mol. The summed E-state index contributed by atoms with van der Waals surface area (Å²) in [4.78, 5) is 21.8. The molecule has 0 radical (unpaired) electrons. The molecule has 0 unspecified atom stereocenters. The number of anilines is 1. The lowest BCUT2D eigenvalue weighted by Gasteiger charge is -2.27. The van der Waals surface area contributed by atoms with Gasteiger partial charge in [-0.2, -0.15) is 5.10 Å². The topological polar surface area (TPSA) is 135 Å². The molecule has 36 heavy (non-hydrogen) atoms. The van der Waals surface area contributed by atoms with E-state index in [1.54, 1.807) is 37.3 Å². The summed E-state index contributed by atoms with van der Waals surface area (Å²) in [6.07, 6.45) is 9.15. The second-order valence-corrected chi connectivity index (χ2v) is 9.16. The third-order valence-electron chi connectivity index (χ3n) is 6.99. The van der Waals surface area contributed by atoms with Crippen LogP contribution in [0.1, 0.15) is 54.2 Å². The van der Waals surface area contributed by atoms with Crippen LogP contribution in [-0.2, 0) is 11.3 Å². The van der Waals surface area contributed by atoms with Crippen LogP contribution in [0.25, 0.3) is 16.8 Å². The summed E-state index contributed by atoms with van der Waals surface area (Å²) >= 11 is 0. The van der Waals surface area contributed by atoms with E-state index in [1.165, 1.54) is 6.33 Å². The lowest BCUT2D eigenvalue weighted by Crippen LogP contribution is -2.20. The molecule has 0 amide bonds. The predicted octanol–water partition coefficient (Wildman–Crippen LogP) is 3.17. The Bertz CT molecular complexity index is 1360. The SMILES string of the molecule is COCCn1cnnc1C1CCC(CC(=O)c2cc(-c3ccnc(OC)c3)n3ncnc(N)c23)CC1. The van der Waals surface area contributed by atoms with E-state index in [4.69, 9.17) is 15.2 Å². The molecule has 11 nitrogen and oxygen atoms in total. The summed E-state index contributed by atoms with van der Waals surface area (Å²) < 4.78 is 14.2. The van der Waals surface area contributed by atoms with Crippen molar-refractivity contribution in [3.8, 4) is 17.1 Å². The van der Waals surface area contributed by atoms with E-state index < -0.39 is 0 Å². The summed E-state index contributed by atoms with van der Waals surface area (Å²) in [7, 11) is 3.26. The van der Waals surface area contributed by atoms with Crippen molar-refractivity contribution in [3.05, 3.63) is 48.4 Å². The highest BCUT2D eigenvalue weighted by atomic mass is 16.5. The van der Waals surface area contributed by atoms with E-state index in [0.717, 1.165) is 49.3 Å². The number of hydrogen-bond donors (Lipinski definition) is 1. The molecule has 1 aliphatic rings. The molecule has 5 rings (SSSR count). The Labute approximate surface area is 208 Å². The van der Waals surface area contributed by atoms with Gasteiger partial charge in [0.25, 0.3) is 0 Å². The second-order valence-electron chi connectivity index (χ2n) is 9.16. The summed E-state index contributed by atoms with van der Waals surface area (Å²) in [5, 5.41) is 12.8. The number of ether oxygens (including phenoxy) is 2. The molecule has 0 spiro atoms. The zero-order chi connectivity index (χ0) is 25.1. The van der Waals surface area contributed by atoms with Crippen molar-refractivity contribution >= 4 is 17.1 Å². The van der Waals surface area contributed by atoms with Gasteiger partial charge < -0.3 is 19.8 Å². The molecule has 0 saturated heterocycles. The molecular formula is C25H30N8O3. The smallest absolute Gasteiger partial charge is 0.213 e. The molecule has 1 saturated carbocycles. The van der Waals surface area contributed by atoms with Gasteiger partial charge in [0.1, 0.15) is 24.0 Å². The van der Waals surface area contributed by atoms with Crippen LogP contribution < -0.4 is 10.5 Å². The number of carbonyl (C=O) groups excluding carboxylic acids is 1. The van der Waals surface area contributed by atoms with Crippen molar-refractivity contribution in [2.24, 2.45) is 5.92 Å². The summed E-state index contributed by atoms with van der Waals surface area (Å²) in [5.41, 5.74) is 8.85. The highest BCUT2D eigenvalue weighted by Gasteiger charge is 2.29. The van der Waals surface area contributed by atoms with Crippen LogP contribution in [-0.4, -0.2) is 61.0 Å². The largest absolute Gasteiger partial charge is 0.481 e. The normalized spacial score (nSPS) is 17.9. The molecule has 0 aromatic carbocycles. The van der Waals surface area contributed by atoms with Gasteiger partial charge in [-0.3, -0.25) is 4.79 Å². The number of methoxy groups -OCH3 is 2. The van der Waals surface area contributed by atoms with E-state index in [0.29, 0.717) is 41.8 Å². The van der Waals surface area contributed by atoms with Gasteiger partial charge in [-0.1, -0.05) is 0 Å². The Morgan fingerprint density at radius 2 is 2.00 bits per heavy atom. The lowest BCUT2D eigenvalue weighted by molar-refractivity contribution is 0.0949. The zero-order valence-corrected chi connectivity index (χ0v) is 20.5. The predicted molar refractivity (Wildman–Crippen MR) is 133 cm³/mol. The summed E-state index contributed by atoms with van der Waals surface area (Å²) in [5.74, 6) is 2.47. The first-order chi connectivity index (χ1) is 17.6. The minimum atomic E-state index is 0.0491. The number of ketones is 1. The van der Waals surface area contributed by atoms with Gasteiger partial charge in [-0.05, 0) is 43.7 Å². The molecule has 4 aromatic rings. The first-order valence-corrected chi connectivity index (χ1v) is 12.1. The van der Waals surface area contributed by atoms with Crippen LogP contribution in [0.5, 0.6) is 5.88 Å². The molecule has 1 aliphatic carbocycles. The Hall–Kier alpha value is -3.86. The second kappa shape index (κ2) is 10.4. The number of aromatic nitrogens is 7.